The average Bonchev–Trinajstić information content (AvgIpc) is 3.33. The van der Waals surface area contributed by atoms with Crippen LogP contribution in [0.5, 0.6) is 5.75 Å². The van der Waals surface area contributed by atoms with E-state index >= 15 is 0 Å². The first-order valence-corrected chi connectivity index (χ1v) is 11.8. The second-order valence-corrected chi connectivity index (χ2v) is 9.78. The fraction of sp³-hybridized carbons (Fsp3) is 0.346. The second-order valence-electron chi connectivity index (χ2n) is 8.75. The molecule has 1 atom stereocenters. The first-order chi connectivity index (χ1) is 15.5. The van der Waals surface area contributed by atoms with Crippen molar-refractivity contribution in [3.05, 3.63) is 58.8 Å². The van der Waals surface area contributed by atoms with Gasteiger partial charge in [-0.1, -0.05) is 12.1 Å². The van der Waals surface area contributed by atoms with Gasteiger partial charge in [0.25, 0.3) is 0 Å². The summed E-state index contributed by atoms with van der Waals surface area (Å²) < 4.78 is 5.84. The van der Waals surface area contributed by atoms with E-state index in [2.05, 4.69) is 30.1 Å². The summed E-state index contributed by atoms with van der Waals surface area (Å²) in [5.41, 5.74) is 6.25. The molecule has 162 valence electrons. The number of carboxylic acids is 1. The molecule has 0 aliphatic heterocycles. The maximum absolute atomic E-state index is 11.2. The molecule has 5 nitrogen and oxygen atoms in total. The normalized spacial score (nSPS) is 17.1. The van der Waals surface area contributed by atoms with E-state index in [1.54, 1.807) is 11.3 Å². The number of thiazole rings is 1. The summed E-state index contributed by atoms with van der Waals surface area (Å²) in [4.78, 5) is 16.9. The summed E-state index contributed by atoms with van der Waals surface area (Å²) in [6, 6.07) is 12.2. The number of nitriles is 1. The van der Waals surface area contributed by atoms with Gasteiger partial charge in [0, 0.05) is 11.8 Å². The van der Waals surface area contributed by atoms with Crippen molar-refractivity contribution >= 4 is 17.3 Å². The number of aromatic nitrogens is 1. The van der Waals surface area contributed by atoms with E-state index in [1.807, 2.05) is 24.4 Å². The number of rotatable bonds is 7. The molecule has 1 heterocycles. The third-order valence-corrected chi connectivity index (χ3v) is 7.61. The Morgan fingerprint density at radius 2 is 2.12 bits per heavy atom. The molecule has 0 bridgehead atoms. The maximum atomic E-state index is 11.2. The molecule has 1 N–H and O–H groups in total. The van der Waals surface area contributed by atoms with Gasteiger partial charge in [0.05, 0.1) is 23.5 Å². The second kappa shape index (κ2) is 8.40. The van der Waals surface area contributed by atoms with Crippen LogP contribution in [0.15, 0.2) is 36.5 Å². The van der Waals surface area contributed by atoms with Crippen LogP contribution in [0.4, 0.5) is 0 Å². The van der Waals surface area contributed by atoms with Crippen LogP contribution < -0.4 is 4.74 Å². The lowest BCUT2D eigenvalue weighted by Gasteiger charge is -2.12. The summed E-state index contributed by atoms with van der Waals surface area (Å²) in [6.45, 7) is 2.79. The summed E-state index contributed by atoms with van der Waals surface area (Å²) in [5.74, 6) is 0.653. The number of ether oxygens (including phenoxy) is 1. The molecule has 0 spiro atoms. The number of hydrogen-bond acceptors (Lipinski definition) is 5. The molecular weight excluding hydrogens is 420 g/mol. The highest BCUT2D eigenvalue weighted by Gasteiger charge is 2.27. The molecule has 1 aromatic heterocycles. The Morgan fingerprint density at radius 1 is 1.28 bits per heavy atom. The molecule has 6 heteroatoms. The number of fused-ring (bicyclic) bond motifs is 1. The van der Waals surface area contributed by atoms with Gasteiger partial charge in [0.2, 0.25) is 0 Å². The molecule has 5 rings (SSSR count). The minimum absolute atomic E-state index is 0.104. The number of carbonyl (C=O) groups is 1. The molecule has 1 fully saturated rings. The molecule has 2 aromatic carbocycles. The smallest absolute Gasteiger partial charge is 0.303 e. The highest BCUT2D eigenvalue weighted by Crippen LogP contribution is 2.42. The van der Waals surface area contributed by atoms with E-state index in [0.717, 1.165) is 33.9 Å². The summed E-state index contributed by atoms with van der Waals surface area (Å²) >= 11 is 1.61. The van der Waals surface area contributed by atoms with Crippen LogP contribution in [0.25, 0.3) is 21.0 Å². The van der Waals surface area contributed by atoms with Crippen molar-refractivity contribution in [3.8, 4) is 32.8 Å². The van der Waals surface area contributed by atoms with Crippen molar-refractivity contribution < 1.29 is 14.6 Å². The van der Waals surface area contributed by atoms with Crippen LogP contribution in [0.3, 0.4) is 0 Å². The molecule has 0 saturated heterocycles. The van der Waals surface area contributed by atoms with Crippen LogP contribution in [-0.2, 0) is 11.2 Å². The van der Waals surface area contributed by atoms with Gasteiger partial charge in [0.1, 0.15) is 16.8 Å². The van der Waals surface area contributed by atoms with Crippen molar-refractivity contribution in [1.29, 1.82) is 5.26 Å². The number of aliphatic carboxylic acids is 1. The van der Waals surface area contributed by atoms with Crippen molar-refractivity contribution in [2.75, 3.05) is 6.61 Å². The zero-order chi connectivity index (χ0) is 22.2. The predicted molar refractivity (Wildman–Crippen MR) is 124 cm³/mol. The fourth-order valence-corrected chi connectivity index (χ4v) is 5.54. The monoisotopic (exact) mass is 444 g/mol. The van der Waals surface area contributed by atoms with Crippen LogP contribution in [0.1, 0.15) is 53.9 Å². The van der Waals surface area contributed by atoms with Crippen molar-refractivity contribution in [2.24, 2.45) is 5.92 Å². The Bertz CT molecular complexity index is 1240. The first kappa shape index (κ1) is 20.7. The van der Waals surface area contributed by atoms with Gasteiger partial charge in [-0.15, -0.1) is 11.3 Å². The van der Waals surface area contributed by atoms with Gasteiger partial charge in [-0.25, -0.2) is 4.98 Å². The highest BCUT2D eigenvalue weighted by atomic mass is 32.1. The molecule has 2 aliphatic carbocycles. The van der Waals surface area contributed by atoms with Gasteiger partial charge in [-0.2, -0.15) is 5.26 Å². The molecular formula is C26H24N2O3S. The highest BCUT2D eigenvalue weighted by molar-refractivity contribution is 7.18. The van der Waals surface area contributed by atoms with E-state index < -0.39 is 5.97 Å². The number of nitrogens with zero attached hydrogens (tertiary/aromatic N) is 2. The zero-order valence-corrected chi connectivity index (χ0v) is 18.7. The fourth-order valence-electron chi connectivity index (χ4n) is 4.54. The van der Waals surface area contributed by atoms with E-state index in [0.29, 0.717) is 23.8 Å². The van der Waals surface area contributed by atoms with Gasteiger partial charge < -0.3 is 9.84 Å². The topological polar surface area (TPSA) is 83.2 Å². The van der Waals surface area contributed by atoms with Gasteiger partial charge in [-0.3, -0.25) is 4.79 Å². The van der Waals surface area contributed by atoms with Crippen LogP contribution >= 0.6 is 11.3 Å². The quantitative estimate of drug-likeness (QED) is 0.487. The summed E-state index contributed by atoms with van der Waals surface area (Å²) in [7, 11) is 0. The molecule has 3 aromatic rings. The van der Waals surface area contributed by atoms with Crippen LogP contribution in [0, 0.1) is 24.2 Å². The van der Waals surface area contributed by atoms with Crippen molar-refractivity contribution in [2.45, 2.75) is 44.9 Å². The SMILES string of the molecule is Cc1c(-c2ncc(-c3ccc(OCC4CC4)c(C#N)c3)s2)ccc2c1CCC2CC(=O)O. The third-order valence-electron chi connectivity index (χ3n) is 6.53. The van der Waals surface area contributed by atoms with Crippen LogP contribution in [0.2, 0.25) is 0 Å². The number of benzene rings is 2. The summed E-state index contributed by atoms with van der Waals surface area (Å²) in [5, 5.41) is 19.7. The lowest BCUT2D eigenvalue weighted by Crippen LogP contribution is -2.03. The van der Waals surface area contributed by atoms with Crippen molar-refractivity contribution in [3.63, 3.8) is 0 Å². The average molecular weight is 445 g/mol. The minimum Gasteiger partial charge on any atom is -0.492 e. The molecule has 32 heavy (non-hydrogen) atoms. The molecule has 1 unspecified atom stereocenters. The number of hydrogen-bond donors (Lipinski definition) is 1. The Labute approximate surface area is 191 Å². The van der Waals surface area contributed by atoms with Gasteiger partial charge >= 0.3 is 5.97 Å². The standard InChI is InChI=1S/C26H24N2O3S/c1-15-20-6-4-17(11-25(29)30)22(20)8-7-21(15)26-28-13-24(32-26)18-5-9-23(19(10-18)12-27)31-14-16-2-3-16/h5,7-10,13,16-17H,2-4,6,11,14H2,1H3,(H,29,30). The lowest BCUT2D eigenvalue weighted by molar-refractivity contribution is -0.137. The molecule has 0 amide bonds. The van der Waals surface area contributed by atoms with Crippen LogP contribution in [-0.4, -0.2) is 22.7 Å². The first-order valence-electron chi connectivity index (χ1n) is 11.0. The number of carboxylic acid groups (broad SMARTS) is 1. The Morgan fingerprint density at radius 3 is 2.88 bits per heavy atom. The molecule has 2 aliphatic rings. The third kappa shape index (κ3) is 4.01. The molecule has 0 radical (unpaired) electrons. The Balaban J connectivity index is 1.41. The van der Waals surface area contributed by atoms with E-state index in [9.17, 15) is 15.2 Å². The lowest BCUT2D eigenvalue weighted by atomic mass is 9.94. The van der Waals surface area contributed by atoms with E-state index in [-0.39, 0.29) is 12.3 Å². The summed E-state index contributed by atoms with van der Waals surface area (Å²) in [6.07, 6.45) is 6.29. The van der Waals surface area contributed by atoms with Crippen molar-refractivity contribution in [1.82, 2.24) is 4.98 Å². The Hall–Kier alpha value is -3.17. The zero-order valence-electron chi connectivity index (χ0n) is 17.9. The minimum atomic E-state index is -0.741. The predicted octanol–water partition coefficient (Wildman–Crippen LogP) is 5.95. The van der Waals surface area contributed by atoms with Gasteiger partial charge in [-0.05, 0) is 84.9 Å². The van der Waals surface area contributed by atoms with E-state index in [1.165, 1.54) is 29.5 Å². The molecule has 1 saturated carbocycles. The largest absolute Gasteiger partial charge is 0.492 e. The van der Waals surface area contributed by atoms with Gasteiger partial charge in [0.15, 0.2) is 0 Å². The Kier molecular flexibility index (Phi) is 5.44. The maximum Gasteiger partial charge on any atom is 0.303 e. The van der Waals surface area contributed by atoms with E-state index in [4.69, 9.17) is 4.74 Å².